The van der Waals surface area contributed by atoms with Crippen LogP contribution in [0.5, 0.6) is 0 Å². The number of hydrogen-bond acceptors (Lipinski definition) is 3. The second kappa shape index (κ2) is 2.34. The molecule has 0 saturated heterocycles. The van der Waals surface area contributed by atoms with Gasteiger partial charge in [-0.25, -0.2) is 4.57 Å². The summed E-state index contributed by atoms with van der Waals surface area (Å²) in [6.07, 6.45) is 0. The Hall–Kier alpha value is -0.970. The molecule has 1 rings (SSSR count). The van der Waals surface area contributed by atoms with Crippen LogP contribution in [-0.2, 0) is 0 Å². The maximum absolute atomic E-state index is 10.8. The van der Waals surface area contributed by atoms with Crippen LogP contribution in [0.4, 0.5) is 0 Å². The number of nitrogens with zero attached hydrogens (tertiary/aromatic N) is 2. The zero-order valence-electron chi connectivity index (χ0n) is 5.71. The molecular formula is C5H7N3OS. The highest BCUT2D eigenvalue weighted by Gasteiger charge is 2.03. The molecule has 0 radical (unpaired) electrons. The highest BCUT2D eigenvalue weighted by Crippen LogP contribution is 1.93. The molecule has 1 aromatic rings. The topological polar surface area (TPSA) is 50.7 Å². The van der Waals surface area contributed by atoms with E-state index >= 15 is 0 Å². The molecule has 0 spiro atoms. The number of aromatic amines is 1. The van der Waals surface area contributed by atoms with E-state index in [9.17, 15) is 4.79 Å². The number of carbonyl (C=O) groups is 1. The summed E-state index contributed by atoms with van der Waals surface area (Å²) in [5, 5.41) is 6.28. The predicted molar refractivity (Wildman–Crippen MR) is 38.4 cm³/mol. The van der Waals surface area contributed by atoms with Crippen molar-refractivity contribution in [3.8, 4) is 0 Å². The standard InChI is InChI=1S/C5H7N3OS/c1-3-6-7-5(10)8(3)4(2)9/h1-2H3,(H,7,10). The van der Waals surface area contributed by atoms with E-state index in [1.54, 1.807) is 6.92 Å². The quantitative estimate of drug-likeness (QED) is 0.569. The van der Waals surface area contributed by atoms with Gasteiger partial charge < -0.3 is 0 Å². The van der Waals surface area contributed by atoms with Crippen molar-refractivity contribution in [2.24, 2.45) is 0 Å². The SMILES string of the molecule is CC(=O)n1c(C)n[nH]c1=S. The fourth-order valence-electron chi connectivity index (χ4n) is 0.747. The van der Waals surface area contributed by atoms with Gasteiger partial charge in [0, 0.05) is 6.92 Å². The lowest BCUT2D eigenvalue weighted by Gasteiger charge is -1.93. The molecule has 1 heterocycles. The predicted octanol–water partition coefficient (Wildman–Crippen LogP) is 0.909. The first-order valence-corrected chi connectivity index (χ1v) is 3.18. The van der Waals surface area contributed by atoms with Crippen LogP contribution >= 0.6 is 12.2 Å². The molecule has 0 saturated carbocycles. The number of aromatic nitrogens is 3. The Bertz CT molecular complexity index is 311. The van der Waals surface area contributed by atoms with Crippen molar-refractivity contribution in [3.05, 3.63) is 10.6 Å². The molecule has 4 nitrogen and oxygen atoms in total. The van der Waals surface area contributed by atoms with E-state index < -0.39 is 0 Å². The fourth-order valence-corrected chi connectivity index (χ4v) is 1.05. The van der Waals surface area contributed by atoms with E-state index in [0.717, 1.165) is 0 Å². The first kappa shape index (κ1) is 7.14. The van der Waals surface area contributed by atoms with Crippen molar-refractivity contribution in [2.45, 2.75) is 13.8 Å². The third-order valence-corrected chi connectivity index (χ3v) is 1.43. The molecule has 0 aliphatic carbocycles. The van der Waals surface area contributed by atoms with Gasteiger partial charge >= 0.3 is 0 Å². The van der Waals surface area contributed by atoms with E-state index in [1.807, 2.05) is 0 Å². The van der Waals surface area contributed by atoms with Gasteiger partial charge in [0.1, 0.15) is 5.82 Å². The number of hydrogen-bond donors (Lipinski definition) is 1. The van der Waals surface area contributed by atoms with Gasteiger partial charge in [-0.1, -0.05) is 0 Å². The molecule has 10 heavy (non-hydrogen) atoms. The zero-order valence-corrected chi connectivity index (χ0v) is 6.53. The molecule has 54 valence electrons. The summed E-state index contributed by atoms with van der Waals surface area (Å²) < 4.78 is 1.69. The maximum Gasteiger partial charge on any atom is 0.231 e. The molecule has 1 N–H and O–H groups in total. The van der Waals surface area contributed by atoms with Crippen LogP contribution < -0.4 is 0 Å². The van der Waals surface area contributed by atoms with Gasteiger partial charge in [0.25, 0.3) is 0 Å². The molecule has 0 unspecified atom stereocenters. The van der Waals surface area contributed by atoms with Crippen molar-refractivity contribution in [1.82, 2.24) is 14.8 Å². The van der Waals surface area contributed by atoms with Crippen molar-refractivity contribution < 1.29 is 4.79 Å². The Morgan fingerprint density at radius 1 is 1.80 bits per heavy atom. The minimum atomic E-state index is -0.115. The Morgan fingerprint density at radius 3 is 2.60 bits per heavy atom. The van der Waals surface area contributed by atoms with Gasteiger partial charge in [0.2, 0.25) is 10.7 Å². The number of H-pyrrole nitrogens is 1. The van der Waals surface area contributed by atoms with E-state index in [-0.39, 0.29) is 5.91 Å². The second-order valence-electron chi connectivity index (χ2n) is 1.93. The lowest BCUT2D eigenvalue weighted by molar-refractivity contribution is 0.0932. The smallest absolute Gasteiger partial charge is 0.231 e. The van der Waals surface area contributed by atoms with Gasteiger partial charge in [0.15, 0.2) is 0 Å². The van der Waals surface area contributed by atoms with E-state index in [4.69, 9.17) is 12.2 Å². The molecule has 0 aliphatic heterocycles. The molecule has 0 aliphatic rings. The summed E-state index contributed by atoms with van der Waals surface area (Å²) >= 11 is 4.77. The largest absolute Gasteiger partial charge is 0.274 e. The molecule has 0 aromatic carbocycles. The van der Waals surface area contributed by atoms with Crippen LogP contribution in [0.2, 0.25) is 0 Å². The van der Waals surface area contributed by atoms with Crippen LogP contribution in [-0.4, -0.2) is 20.7 Å². The third-order valence-electron chi connectivity index (χ3n) is 1.15. The number of carbonyl (C=O) groups excluding carboxylic acids is 1. The van der Waals surface area contributed by atoms with Gasteiger partial charge in [-0.2, -0.15) is 5.10 Å². The Balaban J connectivity index is 3.37. The average molecular weight is 157 g/mol. The molecule has 0 atom stereocenters. The Kier molecular flexibility index (Phi) is 1.67. The van der Waals surface area contributed by atoms with E-state index in [1.165, 1.54) is 11.5 Å². The highest BCUT2D eigenvalue weighted by atomic mass is 32.1. The summed E-state index contributed by atoms with van der Waals surface area (Å²) in [6, 6.07) is 0. The lowest BCUT2D eigenvalue weighted by atomic mass is 10.6. The van der Waals surface area contributed by atoms with Gasteiger partial charge in [-0.15, -0.1) is 0 Å². The van der Waals surface area contributed by atoms with E-state index in [2.05, 4.69) is 10.2 Å². The number of rotatable bonds is 0. The first-order chi connectivity index (χ1) is 4.63. The van der Waals surface area contributed by atoms with Crippen molar-refractivity contribution in [3.63, 3.8) is 0 Å². The average Bonchev–Trinajstić information content (AvgIpc) is 2.11. The molecule has 5 heteroatoms. The van der Waals surface area contributed by atoms with Crippen LogP contribution in [0.3, 0.4) is 0 Å². The monoisotopic (exact) mass is 157 g/mol. The van der Waals surface area contributed by atoms with Gasteiger partial charge in [0.05, 0.1) is 0 Å². The van der Waals surface area contributed by atoms with Crippen LogP contribution in [0, 0.1) is 11.7 Å². The Morgan fingerprint density at radius 2 is 2.40 bits per heavy atom. The first-order valence-electron chi connectivity index (χ1n) is 2.78. The molecule has 0 bridgehead atoms. The summed E-state index contributed by atoms with van der Waals surface area (Å²) in [6.45, 7) is 3.16. The van der Waals surface area contributed by atoms with Gasteiger partial charge in [-0.3, -0.25) is 9.89 Å². The summed E-state index contributed by atoms with van der Waals surface area (Å²) in [4.78, 5) is 10.8. The minimum Gasteiger partial charge on any atom is -0.274 e. The van der Waals surface area contributed by atoms with Crippen molar-refractivity contribution in [1.29, 1.82) is 0 Å². The molecule has 0 fully saturated rings. The maximum atomic E-state index is 10.8. The summed E-state index contributed by atoms with van der Waals surface area (Å²) in [7, 11) is 0. The minimum absolute atomic E-state index is 0.115. The van der Waals surface area contributed by atoms with Gasteiger partial charge in [-0.05, 0) is 19.1 Å². The van der Waals surface area contributed by atoms with Crippen LogP contribution in [0.1, 0.15) is 17.5 Å². The number of nitrogens with one attached hydrogen (secondary N) is 1. The molecule has 1 aromatic heterocycles. The summed E-state index contributed by atoms with van der Waals surface area (Å²) in [5.74, 6) is 0.480. The van der Waals surface area contributed by atoms with Crippen LogP contribution in [0.25, 0.3) is 0 Å². The van der Waals surface area contributed by atoms with E-state index in [0.29, 0.717) is 10.6 Å². The number of aryl methyl sites for hydroxylation is 1. The normalized spacial score (nSPS) is 9.80. The van der Waals surface area contributed by atoms with Crippen molar-refractivity contribution >= 4 is 18.1 Å². The zero-order chi connectivity index (χ0) is 7.72. The highest BCUT2D eigenvalue weighted by molar-refractivity contribution is 7.71. The Labute approximate surface area is 62.9 Å². The van der Waals surface area contributed by atoms with Crippen molar-refractivity contribution in [2.75, 3.05) is 0 Å². The second-order valence-corrected chi connectivity index (χ2v) is 2.32. The molecule has 0 amide bonds. The molecular weight excluding hydrogens is 150 g/mol. The lowest BCUT2D eigenvalue weighted by Crippen LogP contribution is -2.07. The third kappa shape index (κ3) is 0.995. The fraction of sp³-hybridized carbons (Fsp3) is 0.400. The van der Waals surface area contributed by atoms with Crippen LogP contribution in [0.15, 0.2) is 0 Å². The summed E-state index contributed by atoms with van der Waals surface area (Å²) in [5.41, 5.74) is 0.